The molecule has 2 rings (SSSR count). The highest BCUT2D eigenvalue weighted by Crippen LogP contribution is 2.24. The van der Waals surface area contributed by atoms with Crippen molar-refractivity contribution in [2.75, 3.05) is 13.7 Å². The van der Waals surface area contributed by atoms with E-state index in [0.717, 1.165) is 4.88 Å². The van der Waals surface area contributed by atoms with E-state index in [1.807, 2.05) is 5.38 Å². The SMILES string of the molecule is COCC(C)NS(=O)(=O)c1ccsc1CNC1CC1. The topological polar surface area (TPSA) is 67.4 Å². The van der Waals surface area contributed by atoms with Crippen LogP contribution in [0.2, 0.25) is 0 Å². The number of thiophene rings is 1. The maximum atomic E-state index is 12.3. The van der Waals surface area contributed by atoms with Gasteiger partial charge in [-0.2, -0.15) is 0 Å². The molecule has 1 fully saturated rings. The first-order valence-corrected chi connectivity index (χ1v) is 8.70. The van der Waals surface area contributed by atoms with E-state index in [4.69, 9.17) is 4.74 Å². The molecule has 1 unspecified atom stereocenters. The molecule has 0 aliphatic heterocycles. The highest BCUT2D eigenvalue weighted by atomic mass is 32.2. The van der Waals surface area contributed by atoms with Gasteiger partial charge >= 0.3 is 0 Å². The minimum atomic E-state index is -3.46. The highest BCUT2D eigenvalue weighted by molar-refractivity contribution is 7.89. The van der Waals surface area contributed by atoms with Gasteiger partial charge in [-0.15, -0.1) is 11.3 Å². The molecule has 5 nitrogen and oxygen atoms in total. The van der Waals surface area contributed by atoms with Crippen molar-refractivity contribution in [1.29, 1.82) is 0 Å². The van der Waals surface area contributed by atoms with Crippen LogP contribution in [0.25, 0.3) is 0 Å². The Labute approximate surface area is 118 Å². The molecule has 0 spiro atoms. The largest absolute Gasteiger partial charge is 0.383 e. The average Bonchev–Trinajstić information content (AvgIpc) is 3.02. The lowest BCUT2D eigenvalue weighted by Crippen LogP contribution is -2.36. The van der Waals surface area contributed by atoms with Gasteiger partial charge in [-0.1, -0.05) is 0 Å². The van der Waals surface area contributed by atoms with Gasteiger partial charge in [-0.3, -0.25) is 0 Å². The first-order chi connectivity index (χ1) is 9.03. The third kappa shape index (κ3) is 4.25. The van der Waals surface area contributed by atoms with Crippen LogP contribution in [-0.2, 0) is 21.3 Å². The molecule has 1 atom stereocenters. The van der Waals surface area contributed by atoms with E-state index >= 15 is 0 Å². The van der Waals surface area contributed by atoms with Gasteiger partial charge in [0.25, 0.3) is 0 Å². The molecule has 0 saturated heterocycles. The Hall–Kier alpha value is -0.470. The zero-order valence-electron chi connectivity index (χ0n) is 11.2. The van der Waals surface area contributed by atoms with Crippen molar-refractivity contribution in [1.82, 2.24) is 10.0 Å². The van der Waals surface area contributed by atoms with Crippen LogP contribution in [0.4, 0.5) is 0 Å². The average molecular weight is 304 g/mol. The molecule has 7 heteroatoms. The minimum Gasteiger partial charge on any atom is -0.383 e. The van der Waals surface area contributed by atoms with E-state index in [1.165, 1.54) is 24.2 Å². The highest BCUT2D eigenvalue weighted by Gasteiger charge is 2.24. The summed E-state index contributed by atoms with van der Waals surface area (Å²) in [5.41, 5.74) is 0. The second kappa shape index (κ2) is 6.32. The summed E-state index contributed by atoms with van der Waals surface area (Å²) in [6, 6.07) is 1.99. The molecule has 1 aliphatic carbocycles. The van der Waals surface area contributed by atoms with Crippen LogP contribution in [-0.4, -0.2) is 34.2 Å². The Morgan fingerprint density at radius 2 is 2.26 bits per heavy atom. The normalized spacial score (nSPS) is 17.6. The standard InChI is InChI=1S/C12H20N2O3S2/c1-9(8-17-2)14-19(15,16)12-5-6-18-11(12)7-13-10-3-4-10/h5-6,9-10,13-14H,3-4,7-8H2,1-2H3. The molecule has 1 aliphatic rings. The Kier molecular flexibility index (Phi) is 4.97. The Bertz CT molecular complexity index is 509. The molecule has 1 aromatic rings. The molecule has 1 aromatic heterocycles. The zero-order valence-corrected chi connectivity index (χ0v) is 12.8. The summed E-state index contributed by atoms with van der Waals surface area (Å²) < 4.78 is 32.1. The number of ether oxygens (including phenoxy) is 1. The van der Waals surface area contributed by atoms with Gasteiger partial charge < -0.3 is 10.1 Å². The number of nitrogens with one attached hydrogen (secondary N) is 2. The van der Waals surface area contributed by atoms with Crippen molar-refractivity contribution in [2.45, 2.75) is 43.3 Å². The van der Waals surface area contributed by atoms with E-state index in [0.29, 0.717) is 24.1 Å². The van der Waals surface area contributed by atoms with Crippen LogP contribution in [0.1, 0.15) is 24.6 Å². The summed E-state index contributed by atoms with van der Waals surface area (Å²) in [7, 11) is -1.90. The first kappa shape index (κ1) is 14.9. The van der Waals surface area contributed by atoms with Crippen molar-refractivity contribution >= 4 is 21.4 Å². The van der Waals surface area contributed by atoms with Crippen LogP contribution in [0.15, 0.2) is 16.3 Å². The molecule has 0 radical (unpaired) electrons. The molecule has 0 aromatic carbocycles. The van der Waals surface area contributed by atoms with E-state index in [1.54, 1.807) is 20.1 Å². The summed E-state index contributed by atoms with van der Waals surface area (Å²) >= 11 is 1.47. The van der Waals surface area contributed by atoms with Crippen molar-refractivity contribution in [3.8, 4) is 0 Å². The summed E-state index contributed by atoms with van der Waals surface area (Å²) in [5.74, 6) is 0. The van der Waals surface area contributed by atoms with Gasteiger partial charge in [0.2, 0.25) is 10.0 Å². The first-order valence-electron chi connectivity index (χ1n) is 6.34. The summed E-state index contributed by atoms with van der Waals surface area (Å²) in [4.78, 5) is 1.25. The predicted molar refractivity (Wildman–Crippen MR) is 75.8 cm³/mol. The molecular formula is C12H20N2O3S2. The number of hydrogen-bond acceptors (Lipinski definition) is 5. The summed E-state index contributed by atoms with van der Waals surface area (Å²) in [5, 5.41) is 5.16. The van der Waals surface area contributed by atoms with Crippen LogP contribution >= 0.6 is 11.3 Å². The molecule has 0 amide bonds. The lowest BCUT2D eigenvalue weighted by Gasteiger charge is -2.13. The van der Waals surface area contributed by atoms with Crippen LogP contribution in [0.3, 0.4) is 0 Å². The van der Waals surface area contributed by atoms with E-state index in [-0.39, 0.29) is 6.04 Å². The zero-order chi connectivity index (χ0) is 13.9. The Morgan fingerprint density at radius 3 is 2.89 bits per heavy atom. The summed E-state index contributed by atoms with van der Waals surface area (Å²) in [6.45, 7) is 2.77. The van der Waals surface area contributed by atoms with Gasteiger partial charge in [-0.05, 0) is 31.2 Å². The number of rotatable bonds is 8. The van der Waals surface area contributed by atoms with Gasteiger partial charge in [0.15, 0.2) is 0 Å². The van der Waals surface area contributed by atoms with E-state index in [2.05, 4.69) is 10.0 Å². The monoisotopic (exact) mass is 304 g/mol. The lowest BCUT2D eigenvalue weighted by atomic mass is 10.4. The molecule has 108 valence electrons. The van der Waals surface area contributed by atoms with Crippen molar-refractivity contribution in [3.63, 3.8) is 0 Å². The second-order valence-electron chi connectivity index (χ2n) is 4.84. The third-order valence-corrected chi connectivity index (χ3v) is 5.62. The fourth-order valence-electron chi connectivity index (χ4n) is 1.83. The molecule has 1 heterocycles. The van der Waals surface area contributed by atoms with Crippen LogP contribution in [0, 0.1) is 0 Å². The number of methoxy groups -OCH3 is 1. The lowest BCUT2D eigenvalue weighted by molar-refractivity contribution is 0.180. The Balaban J connectivity index is 2.04. The molecule has 1 saturated carbocycles. The molecule has 0 bridgehead atoms. The second-order valence-corrected chi connectivity index (χ2v) is 7.52. The van der Waals surface area contributed by atoms with Crippen molar-refractivity contribution in [2.24, 2.45) is 0 Å². The maximum Gasteiger partial charge on any atom is 0.242 e. The molecule has 2 N–H and O–H groups in total. The quantitative estimate of drug-likeness (QED) is 0.760. The van der Waals surface area contributed by atoms with E-state index < -0.39 is 10.0 Å². The van der Waals surface area contributed by atoms with Gasteiger partial charge in [-0.25, -0.2) is 13.1 Å². The predicted octanol–water partition coefficient (Wildman–Crippen LogP) is 1.31. The Morgan fingerprint density at radius 1 is 1.53 bits per heavy atom. The maximum absolute atomic E-state index is 12.3. The van der Waals surface area contributed by atoms with E-state index in [9.17, 15) is 8.42 Å². The fraction of sp³-hybridized carbons (Fsp3) is 0.667. The number of hydrogen-bond donors (Lipinski definition) is 2. The van der Waals surface area contributed by atoms with Crippen LogP contribution < -0.4 is 10.0 Å². The summed E-state index contributed by atoms with van der Waals surface area (Å²) in [6.07, 6.45) is 2.38. The third-order valence-electron chi connectivity index (χ3n) is 2.90. The fourth-order valence-corrected chi connectivity index (χ4v) is 4.46. The van der Waals surface area contributed by atoms with Gasteiger partial charge in [0.1, 0.15) is 0 Å². The smallest absolute Gasteiger partial charge is 0.242 e. The van der Waals surface area contributed by atoms with Gasteiger partial charge in [0.05, 0.1) is 11.5 Å². The van der Waals surface area contributed by atoms with Crippen molar-refractivity contribution < 1.29 is 13.2 Å². The molecule has 19 heavy (non-hydrogen) atoms. The van der Waals surface area contributed by atoms with Crippen molar-refractivity contribution in [3.05, 3.63) is 16.3 Å². The minimum absolute atomic E-state index is 0.237. The van der Waals surface area contributed by atoms with Crippen LogP contribution in [0.5, 0.6) is 0 Å². The molecular weight excluding hydrogens is 284 g/mol. The van der Waals surface area contributed by atoms with Gasteiger partial charge in [0, 0.05) is 30.6 Å². The number of sulfonamides is 1.